The van der Waals surface area contributed by atoms with Crippen LogP contribution in [0, 0.1) is 0 Å². The van der Waals surface area contributed by atoms with E-state index in [2.05, 4.69) is 0 Å². The summed E-state index contributed by atoms with van der Waals surface area (Å²) in [5, 5.41) is 9.67. The van der Waals surface area contributed by atoms with Crippen LogP contribution in [-0.4, -0.2) is 47.7 Å². The summed E-state index contributed by atoms with van der Waals surface area (Å²) >= 11 is 11.9. The van der Waals surface area contributed by atoms with Crippen LogP contribution in [0.4, 0.5) is 0 Å². The maximum absolute atomic E-state index is 12.1. The van der Waals surface area contributed by atoms with Gasteiger partial charge in [-0.25, -0.2) is 4.79 Å². The smallest absolute Gasteiger partial charge is 0.334 e. The second-order valence-electron chi connectivity index (χ2n) is 4.46. The van der Waals surface area contributed by atoms with Crippen molar-refractivity contribution in [2.24, 2.45) is 0 Å². The highest BCUT2D eigenvalue weighted by atomic mass is 35.5. The molecule has 1 fully saturated rings. The SMILES string of the molecule is O=C(O)C1CN(C(=O)C=Cc2cccc(Cl)c2Cl)CCO1. The minimum atomic E-state index is -1.07. The van der Waals surface area contributed by atoms with Crippen LogP contribution in [0.3, 0.4) is 0 Å². The lowest BCUT2D eigenvalue weighted by molar-refractivity contribution is -0.158. The van der Waals surface area contributed by atoms with Crippen LogP contribution in [0.2, 0.25) is 10.0 Å². The molecule has 1 atom stereocenters. The van der Waals surface area contributed by atoms with Gasteiger partial charge in [0.05, 0.1) is 23.2 Å². The van der Waals surface area contributed by atoms with Crippen molar-refractivity contribution in [1.82, 2.24) is 4.90 Å². The highest BCUT2D eigenvalue weighted by molar-refractivity contribution is 6.42. The molecule has 0 aromatic heterocycles. The third-order valence-corrected chi connectivity index (χ3v) is 3.87. The molecular formula is C14H13Cl2NO4. The van der Waals surface area contributed by atoms with Gasteiger partial charge in [0, 0.05) is 12.6 Å². The Kier molecular flexibility index (Phi) is 5.22. The lowest BCUT2D eigenvalue weighted by Crippen LogP contribution is -2.48. The summed E-state index contributed by atoms with van der Waals surface area (Å²) in [6, 6.07) is 5.12. The molecule has 1 N–H and O–H groups in total. The summed E-state index contributed by atoms with van der Waals surface area (Å²) in [7, 11) is 0. The number of carboxylic acid groups (broad SMARTS) is 1. The number of hydrogen-bond donors (Lipinski definition) is 1. The minimum absolute atomic E-state index is 0.0295. The summed E-state index contributed by atoms with van der Waals surface area (Å²) in [6.45, 7) is 0.590. The molecule has 1 unspecified atom stereocenters. The Morgan fingerprint density at radius 3 is 2.86 bits per heavy atom. The molecule has 1 saturated heterocycles. The molecule has 1 amide bonds. The van der Waals surface area contributed by atoms with E-state index < -0.39 is 12.1 Å². The molecule has 0 radical (unpaired) electrons. The van der Waals surface area contributed by atoms with Gasteiger partial charge in [0.2, 0.25) is 5.91 Å². The molecular weight excluding hydrogens is 317 g/mol. The summed E-state index contributed by atoms with van der Waals surface area (Å²) < 4.78 is 5.06. The molecule has 1 aliphatic heterocycles. The second kappa shape index (κ2) is 6.93. The molecule has 1 heterocycles. The topological polar surface area (TPSA) is 66.8 Å². The average molecular weight is 330 g/mol. The first kappa shape index (κ1) is 15.8. The molecule has 5 nitrogen and oxygen atoms in total. The fourth-order valence-corrected chi connectivity index (χ4v) is 2.29. The van der Waals surface area contributed by atoms with E-state index in [1.807, 2.05) is 0 Å². The standard InChI is InChI=1S/C14H13Cl2NO4/c15-10-3-1-2-9(13(10)16)4-5-12(18)17-6-7-21-11(8-17)14(19)20/h1-5,11H,6-8H2,(H,19,20). The van der Waals surface area contributed by atoms with Crippen molar-refractivity contribution in [2.75, 3.05) is 19.7 Å². The number of rotatable bonds is 3. The zero-order valence-electron chi connectivity index (χ0n) is 11.0. The molecule has 1 aliphatic rings. The maximum atomic E-state index is 12.1. The van der Waals surface area contributed by atoms with Gasteiger partial charge in [0.15, 0.2) is 6.10 Å². The third-order valence-electron chi connectivity index (χ3n) is 3.04. The number of carboxylic acids is 1. The van der Waals surface area contributed by atoms with Gasteiger partial charge in [-0.15, -0.1) is 0 Å². The van der Waals surface area contributed by atoms with E-state index in [4.69, 9.17) is 33.0 Å². The van der Waals surface area contributed by atoms with Crippen molar-refractivity contribution in [3.05, 3.63) is 39.9 Å². The maximum Gasteiger partial charge on any atom is 0.334 e. The summed E-state index contributed by atoms with van der Waals surface area (Å²) in [6.07, 6.45) is 1.93. The van der Waals surface area contributed by atoms with Gasteiger partial charge in [0.25, 0.3) is 0 Å². The number of amides is 1. The second-order valence-corrected chi connectivity index (χ2v) is 5.24. The van der Waals surface area contributed by atoms with E-state index in [0.29, 0.717) is 22.2 Å². The van der Waals surface area contributed by atoms with Crippen LogP contribution < -0.4 is 0 Å². The summed E-state index contributed by atoms with van der Waals surface area (Å²) in [4.78, 5) is 24.3. The van der Waals surface area contributed by atoms with Gasteiger partial charge < -0.3 is 14.7 Å². The minimum Gasteiger partial charge on any atom is -0.479 e. The number of morpholine rings is 1. The Balaban J connectivity index is 2.05. The molecule has 1 aromatic rings. The van der Waals surface area contributed by atoms with E-state index in [9.17, 15) is 9.59 Å². The molecule has 0 bridgehead atoms. The predicted octanol–water partition coefficient (Wildman–Crippen LogP) is 2.32. The third kappa shape index (κ3) is 3.97. The van der Waals surface area contributed by atoms with Crippen molar-refractivity contribution in [2.45, 2.75) is 6.10 Å². The number of halogens is 2. The number of carbonyl (C=O) groups excluding carboxylic acids is 1. The lowest BCUT2D eigenvalue weighted by Gasteiger charge is -2.30. The molecule has 7 heteroatoms. The molecule has 1 aromatic carbocycles. The monoisotopic (exact) mass is 329 g/mol. The molecule has 0 spiro atoms. The number of ether oxygens (including phenoxy) is 1. The zero-order chi connectivity index (χ0) is 15.4. The zero-order valence-corrected chi connectivity index (χ0v) is 12.5. The van der Waals surface area contributed by atoms with Crippen LogP contribution in [0.25, 0.3) is 6.08 Å². The van der Waals surface area contributed by atoms with Gasteiger partial charge in [-0.2, -0.15) is 0 Å². The first-order valence-electron chi connectivity index (χ1n) is 6.24. The number of hydrogen-bond acceptors (Lipinski definition) is 3. The molecule has 0 saturated carbocycles. The highest BCUT2D eigenvalue weighted by Crippen LogP contribution is 2.26. The van der Waals surface area contributed by atoms with Gasteiger partial charge in [-0.05, 0) is 17.7 Å². The summed E-state index contributed by atoms with van der Waals surface area (Å²) in [5.41, 5.74) is 0.626. The number of carbonyl (C=O) groups is 2. The van der Waals surface area contributed by atoms with Gasteiger partial charge in [0.1, 0.15) is 0 Å². The Morgan fingerprint density at radius 1 is 1.38 bits per heavy atom. The first-order chi connectivity index (χ1) is 9.99. The highest BCUT2D eigenvalue weighted by Gasteiger charge is 2.27. The van der Waals surface area contributed by atoms with E-state index >= 15 is 0 Å². The van der Waals surface area contributed by atoms with Gasteiger partial charge in [-0.1, -0.05) is 35.3 Å². The number of nitrogens with zero attached hydrogens (tertiary/aromatic N) is 1. The van der Waals surface area contributed by atoms with Crippen LogP contribution in [-0.2, 0) is 14.3 Å². The fourth-order valence-electron chi connectivity index (χ4n) is 1.91. The van der Waals surface area contributed by atoms with Gasteiger partial charge in [-0.3, -0.25) is 4.79 Å². The molecule has 112 valence electrons. The Bertz CT molecular complexity index is 588. The Hall–Kier alpha value is -1.56. The van der Waals surface area contributed by atoms with Crippen LogP contribution in [0.15, 0.2) is 24.3 Å². The Labute approximate surface area is 131 Å². The molecule has 2 rings (SSSR count). The largest absolute Gasteiger partial charge is 0.479 e. The lowest BCUT2D eigenvalue weighted by atomic mass is 10.2. The Morgan fingerprint density at radius 2 is 2.14 bits per heavy atom. The molecule has 21 heavy (non-hydrogen) atoms. The van der Waals surface area contributed by atoms with Crippen LogP contribution >= 0.6 is 23.2 Å². The van der Waals surface area contributed by atoms with E-state index in [1.54, 1.807) is 24.3 Å². The van der Waals surface area contributed by atoms with Gasteiger partial charge >= 0.3 is 5.97 Å². The number of benzene rings is 1. The van der Waals surface area contributed by atoms with Crippen molar-refractivity contribution in [3.8, 4) is 0 Å². The van der Waals surface area contributed by atoms with Crippen molar-refractivity contribution < 1.29 is 19.4 Å². The van der Waals surface area contributed by atoms with E-state index in [0.717, 1.165) is 0 Å². The van der Waals surface area contributed by atoms with Crippen molar-refractivity contribution >= 4 is 41.2 Å². The average Bonchev–Trinajstić information content (AvgIpc) is 2.48. The van der Waals surface area contributed by atoms with E-state index in [1.165, 1.54) is 11.0 Å². The van der Waals surface area contributed by atoms with Crippen molar-refractivity contribution in [1.29, 1.82) is 0 Å². The molecule has 0 aliphatic carbocycles. The van der Waals surface area contributed by atoms with Crippen molar-refractivity contribution in [3.63, 3.8) is 0 Å². The normalized spacial score (nSPS) is 19.0. The predicted molar refractivity (Wildman–Crippen MR) is 79.5 cm³/mol. The first-order valence-corrected chi connectivity index (χ1v) is 7.00. The van der Waals surface area contributed by atoms with E-state index in [-0.39, 0.29) is 19.1 Å². The van der Waals surface area contributed by atoms with Crippen LogP contribution in [0.5, 0.6) is 0 Å². The quantitative estimate of drug-likeness (QED) is 0.864. The number of aliphatic carboxylic acids is 1. The summed E-state index contributed by atoms with van der Waals surface area (Å²) in [5.74, 6) is -1.37. The van der Waals surface area contributed by atoms with Crippen LogP contribution in [0.1, 0.15) is 5.56 Å². The fraction of sp³-hybridized carbons (Fsp3) is 0.286.